The Morgan fingerprint density at radius 3 is 2.61 bits per heavy atom. The van der Waals surface area contributed by atoms with Crippen molar-refractivity contribution < 1.29 is 14.3 Å². The molecule has 0 aromatic heterocycles. The molecular weight excluding hydrogens is 234 g/mol. The number of nitrogens with zero attached hydrogens (tertiary/aromatic N) is 1. The molecule has 0 atom stereocenters. The Morgan fingerprint density at radius 1 is 1.22 bits per heavy atom. The molecule has 1 heterocycles. The maximum Gasteiger partial charge on any atom is 0.236 e. The van der Waals surface area contributed by atoms with Crippen molar-refractivity contribution in [1.29, 1.82) is 0 Å². The average molecular weight is 257 g/mol. The smallest absolute Gasteiger partial charge is 0.236 e. The zero-order chi connectivity index (χ0) is 13.2. The molecule has 6 heteroatoms. The van der Waals surface area contributed by atoms with Crippen LogP contribution < -0.4 is 10.6 Å². The standard InChI is InChI=1S/C12H23N3O3/c1-18-9-6-14-11(16)4-5-13-10-12(17)15-7-2-3-8-15/h13H,2-10H2,1H3,(H,14,16). The summed E-state index contributed by atoms with van der Waals surface area (Å²) in [5, 5.41) is 5.73. The van der Waals surface area contributed by atoms with Gasteiger partial charge in [0.2, 0.25) is 11.8 Å². The van der Waals surface area contributed by atoms with Gasteiger partial charge in [0.05, 0.1) is 13.2 Å². The summed E-state index contributed by atoms with van der Waals surface area (Å²) in [6, 6.07) is 0. The first-order valence-corrected chi connectivity index (χ1v) is 6.48. The molecule has 0 saturated carbocycles. The predicted molar refractivity (Wildman–Crippen MR) is 68.2 cm³/mol. The second-order valence-corrected chi connectivity index (χ2v) is 4.36. The third-order valence-corrected chi connectivity index (χ3v) is 2.89. The van der Waals surface area contributed by atoms with E-state index in [0.29, 0.717) is 32.7 Å². The SMILES string of the molecule is COCCNC(=O)CCNCC(=O)N1CCCC1. The summed E-state index contributed by atoms with van der Waals surface area (Å²) in [5.41, 5.74) is 0. The fourth-order valence-electron chi connectivity index (χ4n) is 1.86. The maximum atomic E-state index is 11.6. The van der Waals surface area contributed by atoms with E-state index in [1.807, 2.05) is 4.90 Å². The van der Waals surface area contributed by atoms with Crippen LogP contribution in [0.1, 0.15) is 19.3 Å². The van der Waals surface area contributed by atoms with Gasteiger partial charge in [0.15, 0.2) is 0 Å². The molecule has 0 radical (unpaired) electrons. The van der Waals surface area contributed by atoms with E-state index in [2.05, 4.69) is 10.6 Å². The summed E-state index contributed by atoms with van der Waals surface area (Å²) in [7, 11) is 1.59. The van der Waals surface area contributed by atoms with Crippen LogP contribution in [0.5, 0.6) is 0 Å². The lowest BCUT2D eigenvalue weighted by Crippen LogP contribution is -2.37. The van der Waals surface area contributed by atoms with Gasteiger partial charge in [0.1, 0.15) is 0 Å². The zero-order valence-electron chi connectivity index (χ0n) is 11.0. The van der Waals surface area contributed by atoms with E-state index in [1.54, 1.807) is 7.11 Å². The number of carbonyl (C=O) groups excluding carboxylic acids is 2. The van der Waals surface area contributed by atoms with E-state index in [-0.39, 0.29) is 11.8 Å². The number of nitrogens with one attached hydrogen (secondary N) is 2. The van der Waals surface area contributed by atoms with Crippen molar-refractivity contribution in [2.24, 2.45) is 0 Å². The van der Waals surface area contributed by atoms with Crippen LogP contribution in [0, 0.1) is 0 Å². The van der Waals surface area contributed by atoms with Crippen LogP contribution in [0.4, 0.5) is 0 Å². The molecule has 6 nitrogen and oxygen atoms in total. The predicted octanol–water partition coefficient (Wildman–Crippen LogP) is -0.649. The van der Waals surface area contributed by atoms with Crippen LogP contribution >= 0.6 is 0 Å². The molecule has 1 aliphatic rings. The highest BCUT2D eigenvalue weighted by molar-refractivity contribution is 5.79. The molecule has 2 N–H and O–H groups in total. The Labute approximate surface area is 108 Å². The monoisotopic (exact) mass is 257 g/mol. The van der Waals surface area contributed by atoms with Crippen LogP contribution in [0.2, 0.25) is 0 Å². The number of amides is 2. The third-order valence-electron chi connectivity index (χ3n) is 2.89. The first-order valence-electron chi connectivity index (χ1n) is 6.48. The second-order valence-electron chi connectivity index (χ2n) is 4.36. The van der Waals surface area contributed by atoms with Gasteiger partial charge in [-0.2, -0.15) is 0 Å². The molecule has 1 rings (SSSR count). The molecular formula is C12H23N3O3. The number of methoxy groups -OCH3 is 1. The maximum absolute atomic E-state index is 11.6. The van der Waals surface area contributed by atoms with Gasteiger partial charge < -0.3 is 20.3 Å². The molecule has 2 amide bonds. The number of carbonyl (C=O) groups is 2. The Kier molecular flexibility index (Phi) is 7.36. The zero-order valence-corrected chi connectivity index (χ0v) is 11.0. The van der Waals surface area contributed by atoms with Crippen LogP contribution in [-0.4, -0.2) is 63.2 Å². The Morgan fingerprint density at radius 2 is 1.94 bits per heavy atom. The van der Waals surface area contributed by atoms with E-state index in [0.717, 1.165) is 25.9 Å². The topological polar surface area (TPSA) is 70.7 Å². The van der Waals surface area contributed by atoms with Crippen LogP contribution in [-0.2, 0) is 14.3 Å². The van der Waals surface area contributed by atoms with Crippen molar-refractivity contribution in [3.05, 3.63) is 0 Å². The number of hydrogen-bond donors (Lipinski definition) is 2. The molecule has 0 spiro atoms. The fourth-order valence-corrected chi connectivity index (χ4v) is 1.86. The lowest BCUT2D eigenvalue weighted by atomic mass is 10.4. The van der Waals surface area contributed by atoms with E-state index in [4.69, 9.17) is 4.74 Å². The van der Waals surface area contributed by atoms with Crippen LogP contribution in [0.3, 0.4) is 0 Å². The van der Waals surface area contributed by atoms with Crippen molar-refractivity contribution in [2.75, 3.05) is 46.4 Å². The van der Waals surface area contributed by atoms with Gasteiger partial charge in [0, 0.05) is 39.7 Å². The Hall–Kier alpha value is -1.14. The van der Waals surface area contributed by atoms with Crippen LogP contribution in [0.25, 0.3) is 0 Å². The third kappa shape index (κ3) is 5.97. The molecule has 1 aliphatic heterocycles. The van der Waals surface area contributed by atoms with E-state index in [1.165, 1.54) is 0 Å². The average Bonchev–Trinajstić information content (AvgIpc) is 2.88. The van der Waals surface area contributed by atoms with Gasteiger partial charge in [-0.25, -0.2) is 0 Å². The summed E-state index contributed by atoms with van der Waals surface area (Å²) in [4.78, 5) is 24.8. The minimum Gasteiger partial charge on any atom is -0.383 e. The molecule has 0 bridgehead atoms. The van der Waals surface area contributed by atoms with Gasteiger partial charge in [-0.15, -0.1) is 0 Å². The van der Waals surface area contributed by atoms with Gasteiger partial charge in [-0.05, 0) is 12.8 Å². The van der Waals surface area contributed by atoms with Crippen molar-refractivity contribution in [3.63, 3.8) is 0 Å². The normalized spacial score (nSPS) is 14.8. The molecule has 0 aromatic rings. The summed E-state index contributed by atoms with van der Waals surface area (Å²) in [6.45, 7) is 3.65. The fraction of sp³-hybridized carbons (Fsp3) is 0.833. The van der Waals surface area contributed by atoms with Gasteiger partial charge >= 0.3 is 0 Å². The van der Waals surface area contributed by atoms with E-state index < -0.39 is 0 Å². The minimum absolute atomic E-state index is 0.0202. The van der Waals surface area contributed by atoms with Crippen LogP contribution in [0.15, 0.2) is 0 Å². The van der Waals surface area contributed by atoms with E-state index >= 15 is 0 Å². The molecule has 1 saturated heterocycles. The highest BCUT2D eigenvalue weighted by Crippen LogP contribution is 2.06. The summed E-state index contributed by atoms with van der Waals surface area (Å²) < 4.78 is 4.83. The van der Waals surface area contributed by atoms with Crippen molar-refractivity contribution in [1.82, 2.24) is 15.5 Å². The largest absolute Gasteiger partial charge is 0.383 e. The lowest BCUT2D eigenvalue weighted by molar-refractivity contribution is -0.129. The number of hydrogen-bond acceptors (Lipinski definition) is 4. The first-order chi connectivity index (χ1) is 8.74. The van der Waals surface area contributed by atoms with E-state index in [9.17, 15) is 9.59 Å². The lowest BCUT2D eigenvalue weighted by Gasteiger charge is -2.15. The molecule has 104 valence electrons. The molecule has 0 unspecified atom stereocenters. The van der Waals surface area contributed by atoms with Gasteiger partial charge in [-0.3, -0.25) is 9.59 Å². The van der Waals surface area contributed by atoms with Crippen molar-refractivity contribution in [2.45, 2.75) is 19.3 Å². The summed E-state index contributed by atoms with van der Waals surface area (Å²) >= 11 is 0. The Balaban J connectivity index is 1.97. The number of rotatable bonds is 8. The molecule has 0 aliphatic carbocycles. The van der Waals surface area contributed by atoms with Gasteiger partial charge in [0.25, 0.3) is 0 Å². The second kappa shape index (κ2) is 8.88. The Bertz CT molecular complexity index is 265. The molecule has 0 aromatic carbocycles. The number of ether oxygens (including phenoxy) is 1. The number of likely N-dealkylation sites (tertiary alicyclic amines) is 1. The van der Waals surface area contributed by atoms with Crippen molar-refractivity contribution >= 4 is 11.8 Å². The van der Waals surface area contributed by atoms with Crippen molar-refractivity contribution in [3.8, 4) is 0 Å². The van der Waals surface area contributed by atoms with Gasteiger partial charge in [-0.1, -0.05) is 0 Å². The molecule has 1 fully saturated rings. The highest BCUT2D eigenvalue weighted by Gasteiger charge is 2.16. The quantitative estimate of drug-likeness (QED) is 0.567. The first kappa shape index (κ1) is 14.9. The summed E-state index contributed by atoms with van der Waals surface area (Å²) in [6.07, 6.45) is 2.60. The minimum atomic E-state index is -0.0202. The molecule has 18 heavy (non-hydrogen) atoms. The highest BCUT2D eigenvalue weighted by atomic mass is 16.5. The summed E-state index contributed by atoms with van der Waals surface area (Å²) in [5.74, 6) is 0.112.